The van der Waals surface area contributed by atoms with E-state index in [4.69, 9.17) is 9.90 Å². The van der Waals surface area contributed by atoms with E-state index in [2.05, 4.69) is 37.3 Å². The van der Waals surface area contributed by atoms with Gasteiger partial charge in [-0.05, 0) is 23.8 Å². The van der Waals surface area contributed by atoms with Crippen molar-refractivity contribution >= 4 is 5.97 Å². The topological polar surface area (TPSA) is 37.3 Å². The van der Waals surface area contributed by atoms with Gasteiger partial charge in [-0.3, -0.25) is 4.79 Å². The highest BCUT2D eigenvalue weighted by Crippen LogP contribution is 2.47. The summed E-state index contributed by atoms with van der Waals surface area (Å²) in [7, 11) is 0. The molecule has 14 heavy (non-hydrogen) atoms. The highest BCUT2D eigenvalue weighted by molar-refractivity contribution is 5.62. The third-order valence-corrected chi connectivity index (χ3v) is 2.47. The molecule has 2 heteroatoms. The molecule has 1 N–H and O–H groups in total. The van der Waals surface area contributed by atoms with Gasteiger partial charge in [-0.2, -0.15) is 0 Å². The Labute approximate surface area is 84.6 Å². The third kappa shape index (κ3) is 3.21. The van der Waals surface area contributed by atoms with Gasteiger partial charge >= 0.3 is 0 Å². The molecule has 0 bridgehead atoms. The molecule has 0 amide bonds. The van der Waals surface area contributed by atoms with Crippen molar-refractivity contribution in [2.24, 2.45) is 0 Å². The van der Waals surface area contributed by atoms with Gasteiger partial charge in [0.1, 0.15) is 0 Å². The van der Waals surface area contributed by atoms with Gasteiger partial charge in [0.15, 0.2) is 0 Å². The lowest BCUT2D eigenvalue weighted by molar-refractivity contribution is -0.134. The Hall–Kier alpha value is -1.31. The summed E-state index contributed by atoms with van der Waals surface area (Å²) in [5.74, 6) is -0.833. The van der Waals surface area contributed by atoms with Gasteiger partial charge in [0.25, 0.3) is 5.97 Å². The van der Waals surface area contributed by atoms with Crippen molar-refractivity contribution in [1.29, 1.82) is 0 Å². The van der Waals surface area contributed by atoms with Crippen LogP contribution in [-0.4, -0.2) is 11.1 Å². The summed E-state index contributed by atoms with van der Waals surface area (Å²) in [5.41, 5.74) is 2.05. The molecule has 1 aliphatic rings. The largest absolute Gasteiger partial charge is 0.481 e. The molecular weight excluding hydrogens is 176 g/mol. The van der Waals surface area contributed by atoms with Crippen LogP contribution >= 0.6 is 0 Å². The molecule has 0 saturated heterocycles. The van der Waals surface area contributed by atoms with Crippen molar-refractivity contribution in [2.45, 2.75) is 32.1 Å². The summed E-state index contributed by atoms with van der Waals surface area (Å²) in [6.45, 7) is 3.42. The Morgan fingerprint density at radius 3 is 2.07 bits per heavy atom. The van der Waals surface area contributed by atoms with Gasteiger partial charge < -0.3 is 5.11 Å². The van der Waals surface area contributed by atoms with Gasteiger partial charge in [-0.1, -0.05) is 37.3 Å². The Morgan fingerprint density at radius 1 is 1.29 bits per heavy atom. The molecule has 0 atom stereocenters. The molecule has 1 aromatic rings. The van der Waals surface area contributed by atoms with Crippen molar-refractivity contribution in [3.8, 4) is 0 Å². The van der Waals surface area contributed by atoms with E-state index in [1.54, 1.807) is 0 Å². The lowest BCUT2D eigenvalue weighted by atomic mass is 9.99. The fourth-order valence-corrected chi connectivity index (χ4v) is 1.32. The average molecular weight is 192 g/mol. The predicted octanol–water partition coefficient (Wildman–Crippen LogP) is 2.83. The van der Waals surface area contributed by atoms with E-state index in [0.29, 0.717) is 5.41 Å². The summed E-state index contributed by atoms with van der Waals surface area (Å²) < 4.78 is 0. The second kappa shape index (κ2) is 4.27. The minimum atomic E-state index is -0.833. The first-order valence-electron chi connectivity index (χ1n) is 4.80. The lowest BCUT2D eigenvalue weighted by Crippen LogP contribution is -1.97. The molecular formula is C12H16O2. The maximum Gasteiger partial charge on any atom is 0.300 e. The second-order valence-electron chi connectivity index (χ2n) is 3.95. The zero-order chi connectivity index (χ0) is 10.6. The number of carboxylic acids is 1. The average Bonchev–Trinajstić information content (AvgIpc) is 2.86. The fourth-order valence-electron chi connectivity index (χ4n) is 1.32. The zero-order valence-corrected chi connectivity index (χ0v) is 8.66. The van der Waals surface area contributed by atoms with E-state index in [1.807, 2.05) is 0 Å². The molecule has 2 nitrogen and oxygen atoms in total. The molecule has 0 unspecified atom stereocenters. The molecule has 1 aliphatic carbocycles. The van der Waals surface area contributed by atoms with E-state index in [0.717, 1.165) is 6.92 Å². The van der Waals surface area contributed by atoms with Crippen LogP contribution in [0.4, 0.5) is 0 Å². The van der Waals surface area contributed by atoms with Gasteiger partial charge in [0.2, 0.25) is 0 Å². The van der Waals surface area contributed by atoms with Crippen LogP contribution in [0.2, 0.25) is 0 Å². The third-order valence-electron chi connectivity index (χ3n) is 2.47. The zero-order valence-electron chi connectivity index (χ0n) is 8.66. The Kier molecular flexibility index (Phi) is 3.28. The van der Waals surface area contributed by atoms with Crippen LogP contribution in [-0.2, 0) is 10.2 Å². The van der Waals surface area contributed by atoms with Gasteiger partial charge in [-0.15, -0.1) is 0 Å². The van der Waals surface area contributed by atoms with Gasteiger partial charge in [-0.25, -0.2) is 0 Å². The summed E-state index contributed by atoms with van der Waals surface area (Å²) in [5, 5.41) is 7.42. The smallest absolute Gasteiger partial charge is 0.300 e. The highest BCUT2D eigenvalue weighted by atomic mass is 16.4. The highest BCUT2D eigenvalue weighted by Gasteiger charge is 2.38. The molecule has 0 radical (unpaired) electrons. The SMILES string of the molecule is CC(=O)O.CC1(c2ccccc2)CC1. The molecule has 0 aliphatic heterocycles. The van der Waals surface area contributed by atoms with Crippen molar-refractivity contribution in [2.75, 3.05) is 0 Å². The van der Waals surface area contributed by atoms with E-state index >= 15 is 0 Å². The number of benzene rings is 1. The van der Waals surface area contributed by atoms with Crippen LogP contribution in [0.25, 0.3) is 0 Å². The maximum absolute atomic E-state index is 9.00. The summed E-state index contributed by atoms with van der Waals surface area (Å²) in [4.78, 5) is 9.00. The number of carbonyl (C=O) groups is 1. The molecule has 0 spiro atoms. The minimum Gasteiger partial charge on any atom is -0.481 e. The summed E-state index contributed by atoms with van der Waals surface area (Å²) >= 11 is 0. The first-order valence-corrected chi connectivity index (χ1v) is 4.80. The summed E-state index contributed by atoms with van der Waals surface area (Å²) in [6, 6.07) is 10.8. The molecule has 1 saturated carbocycles. The Bertz CT molecular complexity index is 295. The molecule has 1 aromatic carbocycles. The van der Waals surface area contributed by atoms with Gasteiger partial charge in [0.05, 0.1) is 0 Å². The van der Waals surface area contributed by atoms with Crippen LogP contribution in [0.1, 0.15) is 32.3 Å². The molecule has 2 rings (SSSR count). The minimum absolute atomic E-state index is 0.543. The summed E-state index contributed by atoms with van der Waals surface area (Å²) in [6.07, 6.45) is 2.74. The quantitative estimate of drug-likeness (QED) is 0.742. The number of aliphatic carboxylic acids is 1. The van der Waals surface area contributed by atoms with Crippen molar-refractivity contribution in [3.63, 3.8) is 0 Å². The van der Waals surface area contributed by atoms with Crippen LogP contribution in [0.15, 0.2) is 30.3 Å². The monoisotopic (exact) mass is 192 g/mol. The number of hydrogen-bond acceptors (Lipinski definition) is 1. The van der Waals surface area contributed by atoms with E-state index in [-0.39, 0.29) is 0 Å². The number of carboxylic acid groups (broad SMARTS) is 1. The molecule has 0 aromatic heterocycles. The van der Waals surface area contributed by atoms with E-state index in [1.165, 1.54) is 18.4 Å². The normalized spacial score (nSPS) is 16.4. The van der Waals surface area contributed by atoms with Crippen LogP contribution in [0.5, 0.6) is 0 Å². The first-order chi connectivity index (χ1) is 6.54. The second-order valence-corrected chi connectivity index (χ2v) is 3.95. The lowest BCUT2D eigenvalue weighted by Gasteiger charge is -2.06. The van der Waals surface area contributed by atoms with Crippen molar-refractivity contribution in [1.82, 2.24) is 0 Å². The van der Waals surface area contributed by atoms with Crippen molar-refractivity contribution < 1.29 is 9.90 Å². The number of rotatable bonds is 1. The van der Waals surface area contributed by atoms with Crippen LogP contribution in [0, 0.1) is 0 Å². The van der Waals surface area contributed by atoms with Crippen molar-refractivity contribution in [3.05, 3.63) is 35.9 Å². The number of hydrogen-bond donors (Lipinski definition) is 1. The molecule has 76 valence electrons. The van der Waals surface area contributed by atoms with E-state index < -0.39 is 5.97 Å². The fraction of sp³-hybridized carbons (Fsp3) is 0.417. The predicted molar refractivity (Wildman–Crippen MR) is 56.3 cm³/mol. The standard InChI is InChI=1S/C10H12.C2H4O2/c1-10(7-8-10)9-5-3-2-4-6-9;1-2(3)4/h2-6H,7-8H2,1H3;1H3,(H,3,4). The molecule has 1 fully saturated rings. The van der Waals surface area contributed by atoms with E-state index in [9.17, 15) is 0 Å². The Balaban J connectivity index is 0.000000213. The first kappa shape index (κ1) is 10.8. The van der Waals surface area contributed by atoms with Crippen LogP contribution < -0.4 is 0 Å². The van der Waals surface area contributed by atoms with Crippen LogP contribution in [0.3, 0.4) is 0 Å². The molecule has 0 heterocycles. The Morgan fingerprint density at radius 2 is 1.71 bits per heavy atom. The maximum atomic E-state index is 9.00. The van der Waals surface area contributed by atoms with Gasteiger partial charge in [0, 0.05) is 6.92 Å².